The number of esters is 1. The standard InChI is InChI=1S/C25H17N3O4S2/c29-21(32-18-10-8-17(9-11-18)27-23(30)16-5-2-1-3-6-16)13-28-15-26-24-22(25(28)31)19(14-34-24)20-7-4-12-33-20/h1-12,14-15H,13H2,(H,27,30). The van der Waals surface area contributed by atoms with Gasteiger partial charge in [-0.15, -0.1) is 22.7 Å². The van der Waals surface area contributed by atoms with Crippen LogP contribution < -0.4 is 15.6 Å². The fraction of sp³-hybridized carbons (Fsp3) is 0.0400. The molecule has 1 N–H and O–H groups in total. The van der Waals surface area contributed by atoms with Gasteiger partial charge in [0, 0.05) is 27.1 Å². The first-order chi connectivity index (χ1) is 16.6. The third kappa shape index (κ3) is 4.52. The van der Waals surface area contributed by atoms with E-state index in [1.807, 2.05) is 29.0 Å². The van der Waals surface area contributed by atoms with Crippen LogP contribution in [0.3, 0.4) is 0 Å². The number of carbonyl (C=O) groups is 2. The number of rotatable bonds is 6. The number of aromatic nitrogens is 2. The fourth-order valence-electron chi connectivity index (χ4n) is 3.40. The van der Waals surface area contributed by atoms with Crippen LogP contribution in [-0.2, 0) is 11.3 Å². The summed E-state index contributed by atoms with van der Waals surface area (Å²) in [4.78, 5) is 43.7. The van der Waals surface area contributed by atoms with Gasteiger partial charge < -0.3 is 10.1 Å². The zero-order valence-corrected chi connectivity index (χ0v) is 19.3. The number of carbonyl (C=O) groups excluding carboxylic acids is 2. The van der Waals surface area contributed by atoms with Crippen LogP contribution in [0.5, 0.6) is 5.75 Å². The monoisotopic (exact) mass is 487 g/mol. The Morgan fingerprint density at radius 1 is 0.971 bits per heavy atom. The zero-order valence-electron chi connectivity index (χ0n) is 17.6. The summed E-state index contributed by atoms with van der Waals surface area (Å²) < 4.78 is 6.63. The van der Waals surface area contributed by atoms with Crippen LogP contribution in [0.15, 0.2) is 88.6 Å². The van der Waals surface area contributed by atoms with Gasteiger partial charge in [-0.1, -0.05) is 24.3 Å². The van der Waals surface area contributed by atoms with Crippen molar-refractivity contribution in [1.82, 2.24) is 9.55 Å². The van der Waals surface area contributed by atoms with E-state index in [1.165, 1.54) is 22.2 Å². The molecule has 0 aliphatic carbocycles. The molecule has 0 aliphatic heterocycles. The van der Waals surface area contributed by atoms with Gasteiger partial charge in [0.25, 0.3) is 11.5 Å². The molecule has 0 radical (unpaired) electrons. The Hall–Kier alpha value is -4.08. The lowest BCUT2D eigenvalue weighted by molar-refractivity contribution is -0.135. The summed E-state index contributed by atoms with van der Waals surface area (Å²) in [6.07, 6.45) is 1.36. The van der Waals surface area contributed by atoms with Crippen molar-refractivity contribution >= 4 is 50.5 Å². The van der Waals surface area contributed by atoms with Gasteiger partial charge in [-0.2, -0.15) is 0 Å². The number of anilines is 1. The molecule has 0 atom stereocenters. The Morgan fingerprint density at radius 3 is 2.50 bits per heavy atom. The van der Waals surface area contributed by atoms with Gasteiger partial charge in [-0.05, 0) is 47.8 Å². The number of nitrogens with zero attached hydrogens (tertiary/aromatic N) is 2. The first kappa shape index (κ1) is 21.7. The minimum absolute atomic E-state index is 0.233. The number of amides is 1. The molecule has 1 amide bonds. The van der Waals surface area contributed by atoms with E-state index in [1.54, 1.807) is 59.9 Å². The van der Waals surface area contributed by atoms with Crippen LogP contribution in [-0.4, -0.2) is 21.4 Å². The molecule has 0 saturated carbocycles. The van der Waals surface area contributed by atoms with E-state index in [9.17, 15) is 14.4 Å². The minimum Gasteiger partial charge on any atom is -0.425 e. The topological polar surface area (TPSA) is 90.3 Å². The molecule has 3 aromatic heterocycles. The lowest BCUT2D eigenvalue weighted by Gasteiger charge is -2.08. The molecule has 3 heterocycles. The van der Waals surface area contributed by atoms with Gasteiger partial charge in [-0.3, -0.25) is 14.2 Å². The zero-order chi connectivity index (χ0) is 23.5. The average molecular weight is 488 g/mol. The van der Waals surface area contributed by atoms with Crippen molar-refractivity contribution in [3.05, 3.63) is 99.7 Å². The summed E-state index contributed by atoms with van der Waals surface area (Å²) in [7, 11) is 0. The number of benzene rings is 2. The van der Waals surface area contributed by atoms with Crippen LogP contribution >= 0.6 is 22.7 Å². The van der Waals surface area contributed by atoms with Crippen LogP contribution in [0.25, 0.3) is 20.7 Å². The average Bonchev–Trinajstić information content (AvgIpc) is 3.53. The highest BCUT2D eigenvalue weighted by Gasteiger charge is 2.16. The van der Waals surface area contributed by atoms with Gasteiger partial charge in [0.1, 0.15) is 17.1 Å². The summed E-state index contributed by atoms with van der Waals surface area (Å²) in [5.74, 6) is -0.528. The molecule has 9 heteroatoms. The van der Waals surface area contributed by atoms with Crippen molar-refractivity contribution < 1.29 is 14.3 Å². The predicted molar refractivity (Wildman–Crippen MR) is 134 cm³/mol. The molecule has 5 rings (SSSR count). The highest BCUT2D eigenvalue weighted by atomic mass is 32.1. The van der Waals surface area contributed by atoms with Crippen LogP contribution in [0, 0.1) is 0 Å². The van der Waals surface area contributed by atoms with E-state index in [0.717, 1.165) is 10.4 Å². The molecule has 0 aliphatic rings. The number of hydrogen-bond donors (Lipinski definition) is 1. The van der Waals surface area contributed by atoms with Gasteiger partial charge in [0.15, 0.2) is 0 Å². The maximum atomic E-state index is 13.0. The molecule has 0 unspecified atom stereocenters. The van der Waals surface area contributed by atoms with Crippen LogP contribution in [0.2, 0.25) is 0 Å². The van der Waals surface area contributed by atoms with E-state index in [0.29, 0.717) is 27.2 Å². The predicted octanol–water partition coefficient (Wildman–Crippen LogP) is 5.04. The maximum Gasteiger partial charge on any atom is 0.331 e. The van der Waals surface area contributed by atoms with Crippen LogP contribution in [0.1, 0.15) is 10.4 Å². The molecule has 5 aromatic rings. The van der Waals surface area contributed by atoms with Crippen molar-refractivity contribution in [3.63, 3.8) is 0 Å². The smallest absolute Gasteiger partial charge is 0.331 e. The molecule has 2 aromatic carbocycles. The van der Waals surface area contributed by atoms with Gasteiger partial charge in [-0.25, -0.2) is 9.78 Å². The van der Waals surface area contributed by atoms with E-state index < -0.39 is 5.97 Å². The Morgan fingerprint density at radius 2 is 1.76 bits per heavy atom. The van der Waals surface area contributed by atoms with Crippen LogP contribution in [0.4, 0.5) is 5.69 Å². The second-order valence-electron chi connectivity index (χ2n) is 7.30. The normalized spacial score (nSPS) is 10.8. The van der Waals surface area contributed by atoms with Crippen molar-refractivity contribution in [3.8, 4) is 16.2 Å². The molecule has 168 valence electrons. The lowest BCUT2D eigenvalue weighted by Crippen LogP contribution is -2.26. The van der Waals surface area contributed by atoms with Crippen molar-refractivity contribution in [2.24, 2.45) is 0 Å². The molecular formula is C25H17N3O4S2. The number of hydrogen-bond acceptors (Lipinski definition) is 7. The summed E-state index contributed by atoms with van der Waals surface area (Å²) in [5.41, 5.74) is 1.65. The molecule has 0 bridgehead atoms. The van der Waals surface area contributed by atoms with E-state index in [-0.39, 0.29) is 18.0 Å². The Balaban J connectivity index is 1.27. The highest BCUT2D eigenvalue weighted by molar-refractivity contribution is 7.18. The molecule has 0 spiro atoms. The first-order valence-electron chi connectivity index (χ1n) is 10.3. The van der Waals surface area contributed by atoms with Gasteiger partial charge in [0.05, 0.1) is 11.7 Å². The second kappa shape index (κ2) is 9.42. The van der Waals surface area contributed by atoms with Crippen molar-refractivity contribution in [2.45, 2.75) is 6.54 Å². The second-order valence-corrected chi connectivity index (χ2v) is 9.11. The van der Waals surface area contributed by atoms with Gasteiger partial charge in [0.2, 0.25) is 0 Å². The molecule has 0 saturated heterocycles. The van der Waals surface area contributed by atoms with E-state index in [4.69, 9.17) is 4.74 Å². The lowest BCUT2D eigenvalue weighted by atomic mass is 10.2. The largest absolute Gasteiger partial charge is 0.425 e. The quantitative estimate of drug-likeness (QED) is 0.268. The van der Waals surface area contributed by atoms with E-state index in [2.05, 4.69) is 10.3 Å². The third-order valence-electron chi connectivity index (χ3n) is 5.03. The number of thiophene rings is 2. The summed E-state index contributed by atoms with van der Waals surface area (Å²) >= 11 is 2.94. The third-order valence-corrected chi connectivity index (χ3v) is 6.82. The van der Waals surface area contributed by atoms with Crippen molar-refractivity contribution in [1.29, 1.82) is 0 Å². The van der Waals surface area contributed by atoms with E-state index >= 15 is 0 Å². The molecule has 34 heavy (non-hydrogen) atoms. The fourth-order valence-corrected chi connectivity index (χ4v) is 5.12. The molecular weight excluding hydrogens is 470 g/mol. The minimum atomic E-state index is -0.600. The number of ether oxygens (including phenoxy) is 1. The Labute approximate surface area is 201 Å². The van der Waals surface area contributed by atoms with Gasteiger partial charge >= 0.3 is 5.97 Å². The SMILES string of the molecule is O=C(Cn1cnc2scc(-c3cccs3)c2c1=O)Oc1ccc(NC(=O)c2ccccc2)cc1. The molecule has 7 nitrogen and oxygen atoms in total. The maximum absolute atomic E-state index is 13.0. The summed E-state index contributed by atoms with van der Waals surface area (Å²) in [6.45, 7) is -0.270. The first-order valence-corrected chi connectivity index (χ1v) is 12.0. The van der Waals surface area contributed by atoms with Crippen molar-refractivity contribution in [2.75, 3.05) is 5.32 Å². The summed E-state index contributed by atoms with van der Waals surface area (Å²) in [5, 5.41) is 7.14. The Bertz CT molecular complexity index is 1520. The number of fused-ring (bicyclic) bond motifs is 1. The highest BCUT2D eigenvalue weighted by Crippen LogP contribution is 2.33. The number of nitrogens with one attached hydrogen (secondary N) is 1. The summed E-state index contributed by atoms with van der Waals surface area (Å²) in [6, 6.07) is 19.2. The molecule has 0 fully saturated rings. The Kier molecular flexibility index (Phi) is 6.03.